The Kier molecular flexibility index (Phi) is 9.18. The number of carboxylic acids is 1. The van der Waals surface area contributed by atoms with Crippen molar-refractivity contribution in [3.63, 3.8) is 0 Å². The molecule has 0 fully saturated rings. The van der Waals surface area contributed by atoms with Crippen LogP contribution in [-0.2, 0) is 22.5 Å². The molecule has 33 heavy (non-hydrogen) atoms. The molecule has 0 radical (unpaired) electrons. The lowest BCUT2D eigenvalue weighted by atomic mass is 9.88. The summed E-state index contributed by atoms with van der Waals surface area (Å²) in [5, 5.41) is 9.42. The number of anilines is 1. The third-order valence-corrected chi connectivity index (χ3v) is 6.23. The van der Waals surface area contributed by atoms with E-state index in [1.807, 2.05) is 48.7 Å². The summed E-state index contributed by atoms with van der Waals surface area (Å²) in [5.41, 5.74) is 3.80. The largest absolute Gasteiger partial charge is 0.481 e. The molecule has 2 aromatic carbocycles. The second-order valence-electron chi connectivity index (χ2n) is 7.44. The number of pyridine rings is 1. The van der Waals surface area contributed by atoms with Crippen LogP contribution < -0.4 is 4.31 Å². The average molecular weight is 485 g/mol. The second kappa shape index (κ2) is 12.3. The van der Waals surface area contributed by atoms with Crippen molar-refractivity contribution in [2.75, 3.05) is 10.8 Å². The van der Waals surface area contributed by atoms with Gasteiger partial charge in [0.2, 0.25) is 0 Å². The van der Waals surface area contributed by atoms with E-state index in [0.717, 1.165) is 16.7 Å². The van der Waals surface area contributed by atoms with Gasteiger partial charge in [0.1, 0.15) is 0 Å². The van der Waals surface area contributed by atoms with Gasteiger partial charge < -0.3 is 5.11 Å². The number of benzene rings is 2. The van der Waals surface area contributed by atoms with Gasteiger partial charge in [0, 0.05) is 29.9 Å². The van der Waals surface area contributed by atoms with Crippen molar-refractivity contribution in [3.8, 4) is 0 Å². The topological polar surface area (TPSA) is 90.7 Å². The zero-order valence-electron chi connectivity index (χ0n) is 17.9. The number of nitrogens with zero attached hydrogens (tertiary/aromatic N) is 2. The highest BCUT2D eigenvalue weighted by molar-refractivity contribution is 7.80. The first-order valence-corrected chi connectivity index (χ1v) is 11.9. The number of carboxylic acid groups (broad SMARTS) is 1. The molecule has 0 saturated heterocycles. The molecule has 0 saturated carbocycles. The predicted molar refractivity (Wildman–Crippen MR) is 132 cm³/mol. The van der Waals surface area contributed by atoms with E-state index in [4.69, 9.17) is 16.7 Å². The normalized spacial score (nSPS) is 13.0. The summed E-state index contributed by atoms with van der Waals surface area (Å²) in [6, 6.07) is 18.8. The van der Waals surface area contributed by atoms with E-state index in [1.54, 1.807) is 36.5 Å². The molecule has 0 bridgehead atoms. The van der Waals surface area contributed by atoms with Crippen LogP contribution in [0.1, 0.15) is 35.4 Å². The molecule has 0 aliphatic rings. The van der Waals surface area contributed by atoms with Gasteiger partial charge in [0.15, 0.2) is 0 Å². The minimum Gasteiger partial charge on any atom is -0.481 e. The number of halogens is 1. The Balaban J connectivity index is 1.71. The molecule has 2 atom stereocenters. The fourth-order valence-corrected chi connectivity index (χ4v) is 4.19. The third kappa shape index (κ3) is 7.53. The standard InChI is InChI=1S/C25H25ClN2O4S/c26-22-11-13-23(14-12-22)28(33(31)32)17-15-19-7-9-20(10-8-19)24(5-1-2-6-25(29)30)21-4-3-16-27-18-21/h1-4,7-14,16,18,24H,5-6,15,17H2,(H,29,30)(H,31,32). The van der Waals surface area contributed by atoms with E-state index in [-0.39, 0.29) is 12.3 Å². The van der Waals surface area contributed by atoms with Crippen LogP contribution in [0.3, 0.4) is 0 Å². The smallest absolute Gasteiger partial charge is 0.307 e. The van der Waals surface area contributed by atoms with Gasteiger partial charge in [-0.05, 0) is 59.9 Å². The van der Waals surface area contributed by atoms with E-state index in [0.29, 0.717) is 30.1 Å². The quantitative estimate of drug-likeness (QED) is 0.278. The first-order valence-electron chi connectivity index (χ1n) is 10.4. The summed E-state index contributed by atoms with van der Waals surface area (Å²) in [6.07, 6.45) is 8.35. The first-order chi connectivity index (χ1) is 15.9. The molecule has 0 spiro atoms. The number of carbonyl (C=O) groups is 1. The van der Waals surface area contributed by atoms with Crippen molar-refractivity contribution in [2.24, 2.45) is 0 Å². The second-order valence-corrected chi connectivity index (χ2v) is 8.78. The molecule has 3 rings (SSSR count). The maximum absolute atomic E-state index is 11.8. The van der Waals surface area contributed by atoms with Gasteiger partial charge in [0.25, 0.3) is 11.3 Å². The summed E-state index contributed by atoms with van der Waals surface area (Å²) in [6.45, 7) is 0.369. The van der Waals surface area contributed by atoms with Gasteiger partial charge in [0.05, 0.1) is 12.1 Å². The Labute approximate surface area is 201 Å². The summed E-state index contributed by atoms with van der Waals surface area (Å²) in [4.78, 5) is 15.0. The minimum absolute atomic E-state index is 0.00492. The molecule has 1 heterocycles. The SMILES string of the molecule is O=C(O)CC=CCC(c1ccc(CCN(c2ccc(Cl)cc2)S(=O)O)cc1)c1cccnc1. The summed E-state index contributed by atoms with van der Waals surface area (Å²) in [5.74, 6) is -0.807. The molecule has 6 nitrogen and oxygen atoms in total. The molecule has 0 amide bonds. The monoisotopic (exact) mass is 484 g/mol. The van der Waals surface area contributed by atoms with Crippen molar-refractivity contribution in [1.29, 1.82) is 0 Å². The highest BCUT2D eigenvalue weighted by atomic mass is 35.5. The van der Waals surface area contributed by atoms with Gasteiger partial charge >= 0.3 is 5.97 Å². The van der Waals surface area contributed by atoms with E-state index in [9.17, 15) is 13.6 Å². The van der Waals surface area contributed by atoms with Crippen LogP contribution in [-0.4, -0.2) is 31.4 Å². The summed E-state index contributed by atoms with van der Waals surface area (Å²) >= 11 is 3.77. The zero-order valence-corrected chi connectivity index (χ0v) is 19.5. The van der Waals surface area contributed by atoms with Crippen LogP contribution in [0.5, 0.6) is 0 Å². The van der Waals surface area contributed by atoms with Gasteiger partial charge in [-0.15, -0.1) is 0 Å². The number of rotatable bonds is 11. The van der Waals surface area contributed by atoms with Crippen LogP contribution in [0, 0.1) is 0 Å². The average Bonchev–Trinajstić information content (AvgIpc) is 2.81. The van der Waals surface area contributed by atoms with Crippen LogP contribution >= 0.6 is 11.6 Å². The van der Waals surface area contributed by atoms with Crippen LogP contribution in [0.2, 0.25) is 5.02 Å². The fourth-order valence-electron chi connectivity index (χ4n) is 3.52. The van der Waals surface area contributed by atoms with Gasteiger partial charge in [-0.2, -0.15) is 0 Å². The molecular formula is C25H25ClN2O4S. The maximum atomic E-state index is 11.8. The predicted octanol–water partition coefficient (Wildman–Crippen LogP) is 5.47. The van der Waals surface area contributed by atoms with E-state index in [1.165, 1.54) is 4.31 Å². The number of aliphatic carboxylic acids is 1. The maximum Gasteiger partial charge on any atom is 0.307 e. The van der Waals surface area contributed by atoms with Crippen molar-refractivity contribution in [1.82, 2.24) is 4.98 Å². The molecule has 1 aromatic heterocycles. The highest BCUT2D eigenvalue weighted by Gasteiger charge is 2.15. The summed E-state index contributed by atoms with van der Waals surface area (Å²) < 4.78 is 23.0. The Hall–Kier alpha value is -3.00. The van der Waals surface area contributed by atoms with Gasteiger partial charge in [-0.3, -0.25) is 18.6 Å². The third-order valence-electron chi connectivity index (χ3n) is 5.21. The van der Waals surface area contributed by atoms with E-state index in [2.05, 4.69) is 4.98 Å². The number of hydrogen-bond donors (Lipinski definition) is 2. The van der Waals surface area contributed by atoms with Crippen molar-refractivity contribution in [2.45, 2.75) is 25.2 Å². The van der Waals surface area contributed by atoms with Gasteiger partial charge in [-0.1, -0.05) is 54.1 Å². The lowest BCUT2D eigenvalue weighted by molar-refractivity contribution is -0.136. The fraction of sp³-hybridized carbons (Fsp3) is 0.200. The number of allylic oxidation sites excluding steroid dienone is 1. The Morgan fingerprint density at radius 1 is 1.06 bits per heavy atom. The van der Waals surface area contributed by atoms with Crippen molar-refractivity contribution < 1.29 is 18.7 Å². The molecule has 0 aliphatic heterocycles. The van der Waals surface area contributed by atoms with Crippen LogP contribution in [0.25, 0.3) is 0 Å². The highest BCUT2D eigenvalue weighted by Crippen LogP contribution is 2.28. The van der Waals surface area contributed by atoms with Crippen LogP contribution in [0.15, 0.2) is 85.2 Å². The molecule has 172 valence electrons. The van der Waals surface area contributed by atoms with Crippen molar-refractivity contribution >= 4 is 34.5 Å². The lowest BCUT2D eigenvalue weighted by Gasteiger charge is -2.20. The molecule has 2 unspecified atom stereocenters. The zero-order chi connectivity index (χ0) is 23.6. The molecule has 8 heteroatoms. The van der Waals surface area contributed by atoms with E-state index >= 15 is 0 Å². The van der Waals surface area contributed by atoms with Crippen LogP contribution in [0.4, 0.5) is 5.69 Å². The van der Waals surface area contributed by atoms with E-state index < -0.39 is 17.2 Å². The Bertz CT molecular complexity index is 1090. The number of hydrogen-bond acceptors (Lipinski definition) is 3. The molecule has 3 aromatic rings. The molecule has 0 aliphatic carbocycles. The number of aromatic nitrogens is 1. The molecular weight excluding hydrogens is 460 g/mol. The molecule has 2 N–H and O–H groups in total. The minimum atomic E-state index is -2.15. The summed E-state index contributed by atoms with van der Waals surface area (Å²) in [7, 11) is 0. The Morgan fingerprint density at radius 2 is 1.79 bits per heavy atom. The van der Waals surface area contributed by atoms with Crippen molar-refractivity contribution in [3.05, 3.63) is 107 Å². The van der Waals surface area contributed by atoms with Gasteiger partial charge in [-0.25, -0.2) is 4.21 Å². The Morgan fingerprint density at radius 3 is 2.39 bits per heavy atom. The first kappa shape index (κ1) is 24.6. The lowest BCUT2D eigenvalue weighted by Crippen LogP contribution is -2.27.